The lowest BCUT2D eigenvalue weighted by Crippen LogP contribution is -2.28. The molecule has 0 unspecified atom stereocenters. The summed E-state index contributed by atoms with van der Waals surface area (Å²) in [5.74, 6) is 0.000130. The molecular formula is C18H20N4O3. The summed E-state index contributed by atoms with van der Waals surface area (Å²) in [5.41, 5.74) is 2.46. The number of aromatic nitrogens is 3. The number of benzene rings is 1. The van der Waals surface area contributed by atoms with Gasteiger partial charge in [-0.3, -0.25) is 0 Å². The zero-order valence-corrected chi connectivity index (χ0v) is 14.4. The normalized spacial score (nSPS) is 11.0. The lowest BCUT2D eigenvalue weighted by molar-refractivity contribution is 0.205. The van der Waals surface area contributed by atoms with Crippen LogP contribution in [0.15, 0.2) is 52.0 Å². The SMILES string of the molecule is Cc1c(C(C)C)c(=O)on1C(=O)NCc1ccc(-n2cccn2)cc1. The molecule has 0 aliphatic carbocycles. The van der Waals surface area contributed by atoms with Crippen LogP contribution in [0.25, 0.3) is 5.69 Å². The van der Waals surface area contributed by atoms with Crippen molar-refractivity contribution in [3.8, 4) is 5.69 Å². The molecule has 25 heavy (non-hydrogen) atoms. The zero-order chi connectivity index (χ0) is 18.0. The van der Waals surface area contributed by atoms with E-state index in [-0.39, 0.29) is 5.92 Å². The highest BCUT2D eigenvalue weighted by atomic mass is 16.5. The first kappa shape index (κ1) is 16.8. The van der Waals surface area contributed by atoms with Crippen molar-refractivity contribution in [3.63, 3.8) is 0 Å². The Morgan fingerprint density at radius 1 is 1.28 bits per heavy atom. The fraction of sp³-hybridized carbons (Fsp3) is 0.278. The van der Waals surface area contributed by atoms with E-state index in [9.17, 15) is 9.59 Å². The second-order valence-corrected chi connectivity index (χ2v) is 6.10. The molecular weight excluding hydrogens is 320 g/mol. The molecule has 1 amide bonds. The number of carbonyl (C=O) groups excluding carboxylic acids is 1. The van der Waals surface area contributed by atoms with Gasteiger partial charge in [-0.05, 0) is 36.6 Å². The van der Waals surface area contributed by atoms with Crippen LogP contribution in [-0.2, 0) is 6.54 Å². The number of hydrogen-bond donors (Lipinski definition) is 1. The summed E-state index contributed by atoms with van der Waals surface area (Å²) in [7, 11) is 0. The summed E-state index contributed by atoms with van der Waals surface area (Å²) in [5, 5.41) is 6.92. The Bertz CT molecular complexity index is 918. The van der Waals surface area contributed by atoms with Gasteiger partial charge in [-0.1, -0.05) is 26.0 Å². The summed E-state index contributed by atoms with van der Waals surface area (Å²) >= 11 is 0. The van der Waals surface area contributed by atoms with Crippen molar-refractivity contribution >= 4 is 6.03 Å². The molecule has 2 aromatic heterocycles. The zero-order valence-electron chi connectivity index (χ0n) is 14.4. The first-order chi connectivity index (χ1) is 12.0. The second kappa shape index (κ2) is 6.80. The van der Waals surface area contributed by atoms with Crippen molar-refractivity contribution in [2.75, 3.05) is 0 Å². The molecule has 0 saturated carbocycles. The Kier molecular flexibility index (Phi) is 4.56. The highest BCUT2D eigenvalue weighted by molar-refractivity contribution is 5.76. The van der Waals surface area contributed by atoms with Crippen molar-refractivity contribution in [2.45, 2.75) is 33.2 Å². The fourth-order valence-electron chi connectivity index (χ4n) is 2.74. The van der Waals surface area contributed by atoms with E-state index in [4.69, 9.17) is 4.52 Å². The number of nitrogens with one attached hydrogen (secondary N) is 1. The summed E-state index contributed by atoms with van der Waals surface area (Å²) in [6, 6.07) is 9.06. The van der Waals surface area contributed by atoms with E-state index in [1.165, 1.54) is 0 Å². The van der Waals surface area contributed by atoms with Crippen LogP contribution in [0.5, 0.6) is 0 Å². The van der Waals surface area contributed by atoms with Gasteiger partial charge < -0.3 is 9.84 Å². The number of amides is 1. The Morgan fingerprint density at radius 2 is 2.00 bits per heavy atom. The summed E-state index contributed by atoms with van der Waals surface area (Å²) < 4.78 is 7.84. The molecule has 130 valence electrons. The van der Waals surface area contributed by atoms with E-state index < -0.39 is 11.7 Å². The van der Waals surface area contributed by atoms with E-state index in [1.807, 2.05) is 50.4 Å². The number of nitrogens with zero attached hydrogens (tertiary/aromatic N) is 3. The quantitative estimate of drug-likeness (QED) is 0.792. The molecule has 0 radical (unpaired) electrons. The number of hydrogen-bond acceptors (Lipinski definition) is 4. The molecule has 7 heteroatoms. The van der Waals surface area contributed by atoms with E-state index in [2.05, 4.69) is 10.4 Å². The molecule has 0 aliphatic rings. The highest BCUT2D eigenvalue weighted by Crippen LogP contribution is 2.15. The summed E-state index contributed by atoms with van der Waals surface area (Å²) in [4.78, 5) is 24.1. The number of carbonyl (C=O) groups is 1. The molecule has 1 N–H and O–H groups in total. The number of rotatable bonds is 4. The van der Waals surface area contributed by atoms with Gasteiger partial charge in [0, 0.05) is 18.9 Å². The van der Waals surface area contributed by atoms with Crippen molar-refractivity contribution in [1.82, 2.24) is 19.8 Å². The average Bonchev–Trinajstić information content (AvgIpc) is 3.21. The minimum Gasteiger partial charge on any atom is -0.331 e. The first-order valence-electron chi connectivity index (χ1n) is 8.07. The Hall–Kier alpha value is -3.09. The maximum absolute atomic E-state index is 12.3. The van der Waals surface area contributed by atoms with Crippen LogP contribution < -0.4 is 10.9 Å². The van der Waals surface area contributed by atoms with Gasteiger partial charge in [0.1, 0.15) is 0 Å². The van der Waals surface area contributed by atoms with E-state index in [1.54, 1.807) is 17.8 Å². The molecule has 3 rings (SSSR count). The monoisotopic (exact) mass is 340 g/mol. The van der Waals surface area contributed by atoms with Crippen LogP contribution >= 0.6 is 0 Å². The van der Waals surface area contributed by atoms with Crippen LogP contribution in [0.4, 0.5) is 4.79 Å². The molecule has 2 heterocycles. The van der Waals surface area contributed by atoms with Crippen molar-refractivity contribution in [3.05, 3.63) is 70.0 Å². The maximum Gasteiger partial charge on any atom is 0.361 e. The third-order valence-electron chi connectivity index (χ3n) is 4.00. The fourth-order valence-corrected chi connectivity index (χ4v) is 2.74. The van der Waals surface area contributed by atoms with Crippen LogP contribution in [0.3, 0.4) is 0 Å². The first-order valence-corrected chi connectivity index (χ1v) is 8.07. The van der Waals surface area contributed by atoms with Crippen LogP contribution in [0.1, 0.15) is 36.6 Å². The standard InChI is InChI=1S/C18H20N4O3/c1-12(2)16-13(3)22(25-17(16)23)18(24)19-11-14-5-7-15(8-6-14)21-10-4-9-20-21/h4-10,12H,11H2,1-3H3,(H,19,24). The molecule has 7 nitrogen and oxygen atoms in total. The van der Waals surface area contributed by atoms with Crippen LogP contribution in [0.2, 0.25) is 0 Å². The Morgan fingerprint density at radius 3 is 2.56 bits per heavy atom. The van der Waals surface area contributed by atoms with Crippen LogP contribution in [-0.4, -0.2) is 20.6 Å². The van der Waals surface area contributed by atoms with E-state index >= 15 is 0 Å². The highest BCUT2D eigenvalue weighted by Gasteiger charge is 2.20. The molecule has 0 atom stereocenters. The van der Waals surface area contributed by atoms with Crippen molar-refractivity contribution in [2.24, 2.45) is 0 Å². The molecule has 0 spiro atoms. The van der Waals surface area contributed by atoms with Gasteiger partial charge in [0.15, 0.2) is 0 Å². The van der Waals surface area contributed by atoms with Gasteiger partial charge in [0.05, 0.1) is 16.9 Å². The van der Waals surface area contributed by atoms with Gasteiger partial charge >= 0.3 is 11.7 Å². The van der Waals surface area contributed by atoms with E-state index in [0.29, 0.717) is 17.8 Å². The molecule has 0 bridgehead atoms. The van der Waals surface area contributed by atoms with Crippen molar-refractivity contribution in [1.29, 1.82) is 0 Å². The second-order valence-electron chi connectivity index (χ2n) is 6.10. The minimum atomic E-state index is -0.466. The third kappa shape index (κ3) is 3.40. The van der Waals surface area contributed by atoms with E-state index in [0.717, 1.165) is 16.0 Å². The average molecular weight is 340 g/mol. The molecule has 1 aromatic carbocycles. The van der Waals surface area contributed by atoms with Gasteiger partial charge in [-0.2, -0.15) is 5.10 Å². The molecule has 0 aliphatic heterocycles. The van der Waals surface area contributed by atoms with Crippen molar-refractivity contribution < 1.29 is 9.32 Å². The maximum atomic E-state index is 12.3. The van der Waals surface area contributed by atoms with Gasteiger partial charge in [-0.25, -0.2) is 14.3 Å². The molecule has 3 aromatic rings. The van der Waals surface area contributed by atoms with Gasteiger partial charge in [0.25, 0.3) is 0 Å². The Labute approximate surface area is 144 Å². The topological polar surface area (TPSA) is 82.1 Å². The lowest BCUT2D eigenvalue weighted by Gasteiger charge is -2.08. The molecule has 0 saturated heterocycles. The third-order valence-corrected chi connectivity index (χ3v) is 4.00. The Balaban J connectivity index is 1.69. The van der Waals surface area contributed by atoms with Gasteiger partial charge in [-0.15, -0.1) is 4.74 Å². The minimum absolute atomic E-state index is 0.000130. The largest absolute Gasteiger partial charge is 0.361 e. The smallest absolute Gasteiger partial charge is 0.331 e. The van der Waals surface area contributed by atoms with Gasteiger partial charge in [0.2, 0.25) is 0 Å². The summed E-state index contributed by atoms with van der Waals surface area (Å²) in [6.45, 7) is 5.82. The lowest BCUT2D eigenvalue weighted by atomic mass is 10.1. The van der Waals surface area contributed by atoms with Crippen LogP contribution in [0, 0.1) is 6.92 Å². The molecule has 0 fully saturated rings. The summed E-state index contributed by atoms with van der Waals surface area (Å²) in [6.07, 6.45) is 3.58. The predicted octanol–water partition coefficient (Wildman–Crippen LogP) is 2.82. The predicted molar refractivity (Wildman–Crippen MR) is 93.0 cm³/mol.